The Bertz CT molecular complexity index is 1370. The Morgan fingerprint density at radius 2 is 1.68 bits per heavy atom. The lowest BCUT2D eigenvalue weighted by Gasteiger charge is -2.25. The summed E-state index contributed by atoms with van der Waals surface area (Å²) in [6.07, 6.45) is 0.0580. The fourth-order valence-corrected chi connectivity index (χ4v) is 4.25. The third-order valence-electron chi connectivity index (χ3n) is 6.13. The van der Waals surface area contributed by atoms with Gasteiger partial charge in [0.05, 0.1) is 31.8 Å². The maximum absolute atomic E-state index is 13.3. The molecule has 8 heteroatoms. The van der Waals surface area contributed by atoms with Gasteiger partial charge in [0.15, 0.2) is 0 Å². The zero-order valence-electron chi connectivity index (χ0n) is 21.4. The number of phenolic OH excluding ortho intramolecular Hbond substituents is 1. The Balaban J connectivity index is 1.77. The molecule has 196 valence electrons. The van der Waals surface area contributed by atoms with Crippen LogP contribution >= 0.6 is 0 Å². The molecule has 4 rings (SSSR count). The highest BCUT2D eigenvalue weighted by Crippen LogP contribution is 2.43. The number of ketones is 1. The van der Waals surface area contributed by atoms with Gasteiger partial charge in [0, 0.05) is 11.3 Å². The van der Waals surface area contributed by atoms with Crippen LogP contribution in [0.3, 0.4) is 0 Å². The van der Waals surface area contributed by atoms with Crippen LogP contribution in [-0.4, -0.2) is 41.6 Å². The number of ether oxygens (including phenoxy) is 2. The number of amides is 1. The number of nitrogens with zero attached hydrogens (tertiary/aromatic N) is 1. The van der Waals surface area contributed by atoms with Crippen molar-refractivity contribution in [2.75, 3.05) is 18.6 Å². The molecule has 1 atom stereocenters. The lowest BCUT2D eigenvalue weighted by Crippen LogP contribution is -2.29. The van der Waals surface area contributed by atoms with E-state index in [1.54, 1.807) is 60.7 Å². The van der Waals surface area contributed by atoms with Gasteiger partial charge in [-0.15, -0.1) is 0 Å². The molecule has 0 saturated carbocycles. The smallest absolute Gasteiger partial charge is 0.309 e. The van der Waals surface area contributed by atoms with Crippen molar-refractivity contribution in [1.82, 2.24) is 0 Å². The lowest BCUT2D eigenvalue weighted by molar-refractivity contribution is -0.139. The van der Waals surface area contributed by atoms with Crippen LogP contribution in [0.15, 0.2) is 78.4 Å². The van der Waals surface area contributed by atoms with Crippen molar-refractivity contribution in [2.45, 2.75) is 26.3 Å². The maximum Gasteiger partial charge on any atom is 0.309 e. The predicted molar refractivity (Wildman–Crippen MR) is 142 cm³/mol. The predicted octanol–water partition coefficient (Wildman–Crippen LogP) is 4.77. The molecule has 0 spiro atoms. The molecule has 1 aliphatic heterocycles. The number of phenols is 1. The van der Waals surface area contributed by atoms with E-state index < -0.39 is 23.7 Å². The first-order valence-electron chi connectivity index (χ1n) is 12.2. The van der Waals surface area contributed by atoms with Gasteiger partial charge in [-0.05, 0) is 65.6 Å². The number of aromatic hydroxyl groups is 1. The van der Waals surface area contributed by atoms with Gasteiger partial charge < -0.3 is 19.7 Å². The van der Waals surface area contributed by atoms with Gasteiger partial charge in [-0.25, -0.2) is 0 Å². The summed E-state index contributed by atoms with van der Waals surface area (Å²) < 4.78 is 10.4. The third-order valence-corrected chi connectivity index (χ3v) is 6.13. The Morgan fingerprint density at radius 1 is 1.00 bits per heavy atom. The molecule has 3 aromatic carbocycles. The summed E-state index contributed by atoms with van der Waals surface area (Å²) in [6, 6.07) is 18.4. The topological polar surface area (TPSA) is 113 Å². The normalized spacial score (nSPS) is 16.6. The second-order valence-electron chi connectivity index (χ2n) is 9.41. The Hall–Kier alpha value is -4.59. The summed E-state index contributed by atoms with van der Waals surface area (Å²) in [6.45, 7) is 4.60. The Morgan fingerprint density at radius 3 is 2.29 bits per heavy atom. The van der Waals surface area contributed by atoms with E-state index >= 15 is 0 Å². The fourth-order valence-electron chi connectivity index (χ4n) is 4.25. The van der Waals surface area contributed by atoms with Crippen LogP contribution in [0.5, 0.6) is 11.5 Å². The molecule has 8 nitrogen and oxygen atoms in total. The maximum atomic E-state index is 13.3. The van der Waals surface area contributed by atoms with Crippen molar-refractivity contribution >= 4 is 29.1 Å². The summed E-state index contributed by atoms with van der Waals surface area (Å²) >= 11 is 0. The SMILES string of the molecule is COC(=O)Cc1ccc(N2C(=O)C(=O)/C(=C(\O)c3ccc(OCC(C)C)cc3)C2c2cccc(O)c2)cc1. The minimum absolute atomic E-state index is 0.0480. The van der Waals surface area contributed by atoms with Crippen molar-refractivity contribution in [3.63, 3.8) is 0 Å². The zero-order chi connectivity index (χ0) is 27.4. The number of hydrogen-bond donors (Lipinski definition) is 2. The second-order valence-corrected chi connectivity index (χ2v) is 9.41. The van der Waals surface area contributed by atoms with E-state index in [0.717, 1.165) is 0 Å². The molecule has 1 saturated heterocycles. The number of anilines is 1. The second kappa shape index (κ2) is 11.2. The number of Topliss-reactive ketones (excluding diaryl/α,β-unsaturated/α-hetero) is 1. The summed E-state index contributed by atoms with van der Waals surface area (Å²) in [5.74, 6) is -1.50. The van der Waals surface area contributed by atoms with Gasteiger partial charge in [-0.1, -0.05) is 38.1 Å². The standard InChI is InChI=1S/C30H29NO7/c1-18(2)17-38-24-13-9-20(10-14-24)28(34)26-27(21-5-4-6-23(32)16-21)31(30(36)29(26)35)22-11-7-19(8-12-22)15-25(33)37-3/h4-14,16,18,27,32,34H,15,17H2,1-3H3/b28-26-. The van der Waals surface area contributed by atoms with Gasteiger partial charge >= 0.3 is 5.97 Å². The molecule has 0 aliphatic carbocycles. The fraction of sp³-hybridized carbons (Fsp3) is 0.233. The number of hydrogen-bond acceptors (Lipinski definition) is 7. The number of aliphatic hydroxyl groups excluding tert-OH is 1. The Labute approximate surface area is 220 Å². The van der Waals surface area contributed by atoms with Crippen LogP contribution in [0, 0.1) is 5.92 Å². The van der Waals surface area contributed by atoms with Gasteiger partial charge in [0.2, 0.25) is 0 Å². The van der Waals surface area contributed by atoms with Gasteiger partial charge in [-0.2, -0.15) is 0 Å². The number of methoxy groups -OCH3 is 1. The lowest BCUT2D eigenvalue weighted by atomic mass is 9.95. The highest BCUT2D eigenvalue weighted by Gasteiger charge is 2.47. The van der Waals surface area contributed by atoms with Crippen LogP contribution in [0.25, 0.3) is 5.76 Å². The highest BCUT2D eigenvalue weighted by molar-refractivity contribution is 6.51. The number of carbonyl (C=O) groups is 3. The van der Waals surface area contributed by atoms with Gasteiger partial charge in [-0.3, -0.25) is 19.3 Å². The van der Waals surface area contributed by atoms with E-state index in [2.05, 4.69) is 0 Å². The molecule has 38 heavy (non-hydrogen) atoms. The van der Waals surface area contributed by atoms with E-state index in [-0.39, 0.29) is 23.5 Å². The summed E-state index contributed by atoms with van der Waals surface area (Å²) in [5, 5.41) is 21.4. The minimum Gasteiger partial charge on any atom is -0.508 e. The molecule has 0 radical (unpaired) electrons. The molecule has 2 N–H and O–H groups in total. The van der Waals surface area contributed by atoms with Crippen molar-refractivity contribution in [2.24, 2.45) is 5.92 Å². The zero-order valence-corrected chi connectivity index (χ0v) is 21.4. The molecule has 1 fully saturated rings. The van der Waals surface area contributed by atoms with E-state index in [4.69, 9.17) is 9.47 Å². The van der Waals surface area contributed by atoms with Crippen LogP contribution in [0.4, 0.5) is 5.69 Å². The molecule has 0 bridgehead atoms. The summed E-state index contributed by atoms with van der Waals surface area (Å²) in [5.41, 5.74) is 1.76. The van der Waals surface area contributed by atoms with Crippen LogP contribution in [-0.2, 0) is 25.5 Å². The van der Waals surface area contributed by atoms with Crippen LogP contribution in [0.1, 0.15) is 36.6 Å². The van der Waals surface area contributed by atoms with Crippen molar-refractivity contribution in [3.8, 4) is 11.5 Å². The molecule has 0 aromatic heterocycles. The summed E-state index contributed by atoms with van der Waals surface area (Å²) in [7, 11) is 1.30. The van der Waals surface area contributed by atoms with Gasteiger partial charge in [0.1, 0.15) is 17.3 Å². The van der Waals surface area contributed by atoms with Crippen molar-refractivity contribution in [3.05, 3.63) is 95.1 Å². The molecule has 1 amide bonds. The summed E-state index contributed by atoms with van der Waals surface area (Å²) in [4.78, 5) is 39.5. The van der Waals surface area contributed by atoms with Crippen molar-refractivity contribution < 1.29 is 34.1 Å². The largest absolute Gasteiger partial charge is 0.508 e. The van der Waals surface area contributed by atoms with E-state index in [1.165, 1.54) is 24.1 Å². The highest BCUT2D eigenvalue weighted by atomic mass is 16.5. The molecule has 3 aromatic rings. The first-order chi connectivity index (χ1) is 18.2. The molecule has 1 aliphatic rings. The van der Waals surface area contributed by atoms with E-state index in [0.29, 0.717) is 40.7 Å². The Kier molecular flexibility index (Phi) is 7.81. The number of rotatable bonds is 8. The molecule has 1 unspecified atom stereocenters. The monoisotopic (exact) mass is 515 g/mol. The third kappa shape index (κ3) is 5.54. The molecular formula is C30H29NO7. The number of aliphatic hydroxyl groups is 1. The van der Waals surface area contributed by atoms with E-state index in [9.17, 15) is 24.6 Å². The number of benzene rings is 3. The molecule has 1 heterocycles. The van der Waals surface area contributed by atoms with Crippen molar-refractivity contribution in [1.29, 1.82) is 0 Å². The molecular weight excluding hydrogens is 486 g/mol. The average Bonchev–Trinajstić information content (AvgIpc) is 3.18. The van der Waals surface area contributed by atoms with Gasteiger partial charge in [0.25, 0.3) is 11.7 Å². The first kappa shape index (κ1) is 26.5. The van der Waals surface area contributed by atoms with E-state index in [1.807, 2.05) is 13.8 Å². The number of esters is 1. The number of carbonyl (C=O) groups excluding carboxylic acids is 3. The quantitative estimate of drug-likeness (QED) is 0.192. The average molecular weight is 516 g/mol. The minimum atomic E-state index is -0.995. The van der Waals surface area contributed by atoms with Crippen LogP contribution in [0.2, 0.25) is 0 Å². The van der Waals surface area contributed by atoms with Crippen LogP contribution < -0.4 is 9.64 Å². The first-order valence-corrected chi connectivity index (χ1v) is 12.2.